The number of hydrogen-bond acceptors (Lipinski definition) is 6. The number of benzene rings is 3. The van der Waals surface area contributed by atoms with Gasteiger partial charge in [0.1, 0.15) is 30.0 Å². The summed E-state index contributed by atoms with van der Waals surface area (Å²) in [6.07, 6.45) is 3.40. The number of ether oxygens (including phenoxy) is 2. The SMILES string of the molecule is COc1ccc([C@H]2C3=C(Nc4ncnn42)c2ccccc2O[C@H]3c2ccc(SC)cc2)cc1. The Kier molecular flexibility index (Phi) is 4.84. The van der Waals surface area contributed by atoms with Crippen LogP contribution in [0.4, 0.5) is 5.95 Å². The molecule has 33 heavy (non-hydrogen) atoms. The first kappa shape index (κ1) is 19.9. The van der Waals surface area contributed by atoms with Crippen LogP contribution in [0, 0.1) is 0 Å². The normalized spacial score (nSPS) is 18.5. The third-order valence-corrected chi connectivity index (χ3v) is 6.92. The number of anilines is 1. The Balaban J connectivity index is 1.58. The number of nitrogens with one attached hydrogen (secondary N) is 1. The summed E-state index contributed by atoms with van der Waals surface area (Å²) in [5.41, 5.74) is 5.34. The fraction of sp³-hybridized carbons (Fsp3) is 0.154. The van der Waals surface area contributed by atoms with E-state index in [1.165, 1.54) is 4.90 Å². The van der Waals surface area contributed by atoms with E-state index < -0.39 is 0 Å². The van der Waals surface area contributed by atoms with Gasteiger partial charge in [-0.3, -0.25) is 0 Å². The molecular formula is C26H22N4O2S. The van der Waals surface area contributed by atoms with Crippen molar-refractivity contribution in [3.8, 4) is 11.5 Å². The molecule has 6 rings (SSSR count). The Morgan fingerprint density at radius 3 is 2.48 bits per heavy atom. The molecule has 3 aromatic carbocycles. The highest BCUT2D eigenvalue weighted by molar-refractivity contribution is 7.98. The van der Waals surface area contributed by atoms with Gasteiger partial charge in [0.2, 0.25) is 5.95 Å². The largest absolute Gasteiger partial charge is 0.497 e. The van der Waals surface area contributed by atoms with Gasteiger partial charge in [0.25, 0.3) is 0 Å². The highest BCUT2D eigenvalue weighted by Gasteiger charge is 2.40. The van der Waals surface area contributed by atoms with E-state index in [9.17, 15) is 0 Å². The highest BCUT2D eigenvalue weighted by atomic mass is 32.2. The Hall–Kier alpha value is -3.71. The monoisotopic (exact) mass is 454 g/mol. The van der Waals surface area contributed by atoms with Crippen LogP contribution in [0.2, 0.25) is 0 Å². The molecule has 0 fully saturated rings. The zero-order valence-corrected chi connectivity index (χ0v) is 19.0. The smallest absolute Gasteiger partial charge is 0.226 e. The van der Waals surface area contributed by atoms with Crippen molar-refractivity contribution in [2.24, 2.45) is 0 Å². The lowest BCUT2D eigenvalue weighted by atomic mass is 9.84. The number of para-hydroxylation sites is 1. The third-order valence-electron chi connectivity index (χ3n) is 6.17. The second kappa shape index (κ2) is 8.01. The lowest BCUT2D eigenvalue weighted by Gasteiger charge is -2.39. The van der Waals surface area contributed by atoms with E-state index in [-0.39, 0.29) is 12.1 Å². The molecule has 2 aliphatic heterocycles. The van der Waals surface area contributed by atoms with Crippen LogP contribution < -0.4 is 14.8 Å². The van der Waals surface area contributed by atoms with Crippen molar-refractivity contribution in [2.75, 3.05) is 18.7 Å². The van der Waals surface area contributed by atoms with Crippen LogP contribution in [-0.4, -0.2) is 28.1 Å². The minimum absolute atomic E-state index is 0.178. The first-order valence-corrected chi connectivity index (χ1v) is 11.9. The van der Waals surface area contributed by atoms with Gasteiger partial charge in [0.05, 0.1) is 12.8 Å². The van der Waals surface area contributed by atoms with Gasteiger partial charge in [-0.25, -0.2) is 4.68 Å². The molecule has 0 amide bonds. The number of nitrogens with zero attached hydrogens (tertiary/aromatic N) is 3. The number of thioether (sulfide) groups is 1. The van der Waals surface area contributed by atoms with Crippen molar-refractivity contribution < 1.29 is 9.47 Å². The van der Waals surface area contributed by atoms with Crippen LogP contribution in [-0.2, 0) is 0 Å². The maximum absolute atomic E-state index is 6.66. The zero-order chi connectivity index (χ0) is 22.4. The van der Waals surface area contributed by atoms with Crippen molar-refractivity contribution in [3.63, 3.8) is 0 Å². The van der Waals surface area contributed by atoms with E-state index in [2.05, 4.69) is 64.1 Å². The molecular weight excluding hydrogens is 432 g/mol. The summed E-state index contributed by atoms with van der Waals surface area (Å²) in [5, 5.41) is 8.12. The summed E-state index contributed by atoms with van der Waals surface area (Å²) in [7, 11) is 1.68. The summed E-state index contributed by atoms with van der Waals surface area (Å²) < 4.78 is 14.0. The average molecular weight is 455 g/mol. The van der Waals surface area contributed by atoms with Crippen LogP contribution in [0.25, 0.3) is 5.70 Å². The molecule has 0 unspecified atom stereocenters. The Morgan fingerprint density at radius 1 is 0.970 bits per heavy atom. The van der Waals surface area contributed by atoms with Crippen LogP contribution in [0.15, 0.2) is 89.6 Å². The molecule has 2 aliphatic rings. The number of hydrogen-bond donors (Lipinski definition) is 1. The molecule has 3 heterocycles. The summed E-state index contributed by atoms with van der Waals surface area (Å²) >= 11 is 1.73. The van der Waals surface area contributed by atoms with Gasteiger partial charge in [0, 0.05) is 16.0 Å². The van der Waals surface area contributed by atoms with Crippen LogP contribution >= 0.6 is 11.8 Å². The van der Waals surface area contributed by atoms with E-state index in [1.54, 1.807) is 25.2 Å². The molecule has 7 heteroatoms. The summed E-state index contributed by atoms with van der Waals surface area (Å²) in [6.45, 7) is 0. The van der Waals surface area contributed by atoms with Crippen molar-refractivity contribution in [1.29, 1.82) is 0 Å². The molecule has 0 bridgehead atoms. The lowest BCUT2D eigenvalue weighted by Crippen LogP contribution is -2.32. The first-order valence-electron chi connectivity index (χ1n) is 10.7. The minimum atomic E-state index is -0.275. The van der Waals surface area contributed by atoms with Gasteiger partial charge in [0.15, 0.2) is 0 Å². The molecule has 4 aromatic rings. The van der Waals surface area contributed by atoms with E-state index in [4.69, 9.17) is 9.47 Å². The molecule has 6 nitrogen and oxygen atoms in total. The molecule has 2 atom stereocenters. The van der Waals surface area contributed by atoms with Crippen LogP contribution in [0.1, 0.15) is 28.8 Å². The lowest BCUT2D eigenvalue weighted by molar-refractivity contribution is 0.223. The van der Waals surface area contributed by atoms with Gasteiger partial charge >= 0.3 is 0 Å². The Labute approximate surface area is 196 Å². The molecule has 0 spiro atoms. The predicted molar refractivity (Wildman–Crippen MR) is 130 cm³/mol. The zero-order valence-electron chi connectivity index (χ0n) is 18.2. The van der Waals surface area contributed by atoms with Gasteiger partial charge in [-0.1, -0.05) is 36.4 Å². The number of fused-ring (bicyclic) bond motifs is 3. The molecule has 164 valence electrons. The maximum atomic E-state index is 6.66. The third kappa shape index (κ3) is 3.27. The molecule has 0 radical (unpaired) electrons. The Morgan fingerprint density at radius 2 is 1.73 bits per heavy atom. The van der Waals surface area contributed by atoms with E-state index in [0.29, 0.717) is 5.95 Å². The number of rotatable bonds is 4. The molecule has 0 saturated heterocycles. The second-order valence-corrected chi connectivity index (χ2v) is 8.81. The number of aromatic nitrogens is 3. The summed E-state index contributed by atoms with van der Waals surface area (Å²) in [4.78, 5) is 5.71. The fourth-order valence-electron chi connectivity index (χ4n) is 4.58. The quantitative estimate of drug-likeness (QED) is 0.407. The van der Waals surface area contributed by atoms with Crippen LogP contribution in [0.3, 0.4) is 0 Å². The van der Waals surface area contributed by atoms with E-state index >= 15 is 0 Å². The Bertz CT molecular complexity index is 1350. The molecule has 1 N–H and O–H groups in total. The topological polar surface area (TPSA) is 61.2 Å². The van der Waals surface area contributed by atoms with Gasteiger partial charge in [-0.05, 0) is 53.8 Å². The fourth-order valence-corrected chi connectivity index (χ4v) is 4.99. The maximum Gasteiger partial charge on any atom is 0.226 e. The van der Waals surface area contributed by atoms with Gasteiger partial charge in [-0.2, -0.15) is 10.1 Å². The van der Waals surface area contributed by atoms with Gasteiger partial charge < -0.3 is 14.8 Å². The number of methoxy groups -OCH3 is 1. The highest BCUT2D eigenvalue weighted by Crippen LogP contribution is 2.50. The summed E-state index contributed by atoms with van der Waals surface area (Å²) in [5.74, 6) is 2.38. The first-order chi connectivity index (χ1) is 16.3. The standard InChI is InChI=1S/C26H22N4O2S/c1-31-18-11-7-16(8-12-18)24-22-23(29-26-27-15-28-30(24)26)20-5-3-4-6-21(20)32-25(22)17-9-13-19(33-2)14-10-17/h3-15,24-25H,1-2H3,(H,27,28,29)/t24-,25-/m0/s1. The minimum Gasteiger partial charge on any atom is -0.497 e. The second-order valence-electron chi connectivity index (χ2n) is 7.93. The van der Waals surface area contributed by atoms with Crippen LogP contribution in [0.5, 0.6) is 11.5 Å². The summed E-state index contributed by atoms with van der Waals surface area (Å²) in [6, 6.07) is 24.7. The van der Waals surface area contributed by atoms with E-state index in [1.807, 2.05) is 35.0 Å². The average Bonchev–Trinajstić information content (AvgIpc) is 3.35. The van der Waals surface area contributed by atoms with Gasteiger partial charge in [-0.15, -0.1) is 11.8 Å². The van der Waals surface area contributed by atoms with Crippen molar-refractivity contribution in [1.82, 2.24) is 14.8 Å². The van der Waals surface area contributed by atoms with Crippen molar-refractivity contribution >= 4 is 23.4 Å². The van der Waals surface area contributed by atoms with Crippen molar-refractivity contribution in [2.45, 2.75) is 17.0 Å². The molecule has 0 aliphatic carbocycles. The molecule has 1 aromatic heterocycles. The molecule has 0 saturated carbocycles. The van der Waals surface area contributed by atoms with E-state index in [0.717, 1.165) is 39.5 Å². The predicted octanol–water partition coefficient (Wildman–Crippen LogP) is 5.57. The van der Waals surface area contributed by atoms with Crippen molar-refractivity contribution in [3.05, 3.63) is 101 Å².